The van der Waals surface area contributed by atoms with Crippen molar-refractivity contribution in [1.29, 1.82) is 0 Å². The van der Waals surface area contributed by atoms with Gasteiger partial charge in [-0.3, -0.25) is 9.80 Å². The molecule has 0 saturated carbocycles. The van der Waals surface area contributed by atoms with Crippen molar-refractivity contribution < 1.29 is 85.4 Å². The maximum absolute atomic E-state index is 13.9. The third-order valence-electron chi connectivity index (χ3n) is 8.21. The number of piperidine rings is 1. The number of hydrogen-bond acceptors (Lipinski definition) is 8. The van der Waals surface area contributed by atoms with Gasteiger partial charge in [-0.25, -0.2) is 9.59 Å². The van der Waals surface area contributed by atoms with Crippen LogP contribution in [0.3, 0.4) is 0 Å². The first-order valence-corrected chi connectivity index (χ1v) is 15.1. The topological polar surface area (TPSA) is 120 Å². The number of nitrogens with one attached hydrogen (secondary N) is 1. The molecule has 1 fully saturated rings. The van der Waals surface area contributed by atoms with E-state index in [1.807, 2.05) is 81.4 Å². The van der Waals surface area contributed by atoms with E-state index in [4.69, 9.17) is 18.9 Å². The summed E-state index contributed by atoms with van der Waals surface area (Å²) in [6, 6.07) is 22.8. The van der Waals surface area contributed by atoms with Crippen molar-refractivity contribution in [2.75, 3.05) is 27.3 Å². The molecule has 2 aliphatic heterocycles. The normalized spacial score (nSPS) is 18.8. The molecule has 2 heterocycles. The Morgan fingerprint density at radius 2 is 1.54 bits per heavy atom. The van der Waals surface area contributed by atoms with E-state index in [2.05, 4.69) is 22.3 Å². The Morgan fingerprint density at radius 3 is 2.15 bits per heavy atom. The first-order valence-electron chi connectivity index (χ1n) is 15.1. The molecule has 0 spiro atoms. The van der Waals surface area contributed by atoms with Crippen molar-refractivity contribution in [1.82, 2.24) is 15.1 Å². The van der Waals surface area contributed by atoms with Crippen molar-refractivity contribution in [2.24, 2.45) is 0 Å². The number of rotatable bonds is 8. The number of amides is 2. The zero-order valence-corrected chi connectivity index (χ0v) is 30.8. The van der Waals surface area contributed by atoms with Gasteiger partial charge in [0.2, 0.25) is 0 Å². The van der Waals surface area contributed by atoms with Crippen LogP contribution in [0.1, 0.15) is 55.5 Å². The van der Waals surface area contributed by atoms with Crippen LogP contribution < -0.4 is 66.2 Å². The number of nitrogens with zero attached hydrogens (tertiary/aromatic N) is 2. The van der Waals surface area contributed by atoms with E-state index in [1.54, 1.807) is 19.1 Å². The molecule has 0 bridgehead atoms. The molecule has 3 aromatic carbocycles. The van der Waals surface area contributed by atoms with Crippen LogP contribution in [0.2, 0.25) is 0 Å². The molecule has 5 rings (SSSR count). The van der Waals surface area contributed by atoms with Crippen LogP contribution >= 0.6 is 0 Å². The summed E-state index contributed by atoms with van der Waals surface area (Å²) in [6.07, 6.45) is 0.475. The van der Waals surface area contributed by atoms with Gasteiger partial charge in [0.1, 0.15) is 12.2 Å². The van der Waals surface area contributed by atoms with Crippen LogP contribution in [0.5, 0.6) is 11.5 Å². The first-order chi connectivity index (χ1) is 21.1. The average molecular weight is 658 g/mol. The standard InChI is InChI=1S/C35H43N3O6.K.H2O/c1-35(2,3)44-34(40)38(21-24-12-8-6-9-13-24)30-20-29-27-19-32(42-5)31(41-4)18-26(27)16-17-37(29)22-28(30)36-33(39)43-23-25-14-10-7-11-15-25;;/h6-15,18-19,28-30H,16-17,20-23H2,1-5H3,(H,36,39);;1H2/q;+1;/p-1. The Labute approximate surface area is 314 Å². The van der Waals surface area contributed by atoms with E-state index in [0.29, 0.717) is 31.0 Å². The summed E-state index contributed by atoms with van der Waals surface area (Å²) < 4.78 is 22.8. The van der Waals surface area contributed by atoms with Gasteiger partial charge in [-0.05, 0) is 68.0 Å². The summed E-state index contributed by atoms with van der Waals surface area (Å²) in [7, 11) is 3.28. The van der Waals surface area contributed by atoms with Gasteiger partial charge in [0, 0.05) is 25.7 Å². The number of carbonyl (C=O) groups excluding carboxylic acids is 2. The van der Waals surface area contributed by atoms with Gasteiger partial charge in [-0.1, -0.05) is 60.7 Å². The van der Waals surface area contributed by atoms with Crippen molar-refractivity contribution >= 4 is 12.2 Å². The van der Waals surface area contributed by atoms with Crippen LogP contribution in [-0.4, -0.2) is 72.5 Å². The molecule has 3 aromatic rings. The van der Waals surface area contributed by atoms with E-state index in [-0.39, 0.29) is 75.6 Å². The van der Waals surface area contributed by atoms with Crippen LogP contribution in [0.4, 0.5) is 9.59 Å². The van der Waals surface area contributed by atoms with Crippen LogP contribution in [0.15, 0.2) is 72.8 Å². The van der Waals surface area contributed by atoms with Gasteiger partial charge in [-0.2, -0.15) is 0 Å². The van der Waals surface area contributed by atoms with Gasteiger partial charge in [0.05, 0.1) is 26.3 Å². The van der Waals surface area contributed by atoms with Crippen molar-refractivity contribution in [2.45, 2.75) is 70.5 Å². The number of ether oxygens (including phenoxy) is 4. The Hall–Kier alpha value is -2.64. The molecular formula is C35H44KN3O7. The zero-order valence-electron chi connectivity index (χ0n) is 27.7. The zero-order chi connectivity index (χ0) is 31.3. The Kier molecular flexibility index (Phi) is 13.9. The number of hydrogen-bond donors (Lipinski definition) is 1. The summed E-state index contributed by atoms with van der Waals surface area (Å²) in [5.41, 5.74) is 3.53. The van der Waals surface area contributed by atoms with Crippen LogP contribution in [0.25, 0.3) is 0 Å². The Morgan fingerprint density at radius 1 is 0.935 bits per heavy atom. The number of carbonyl (C=O) groups is 2. The SMILES string of the molecule is COc1cc2c(cc1OC)C1CC(N(Cc3ccccc3)C(=O)OC(C)(C)C)C(NC(=O)OCc3ccccc3)CN1CC2.[K+].[OH-]. The minimum absolute atomic E-state index is 0. The van der Waals surface area contributed by atoms with Crippen molar-refractivity contribution in [3.05, 3.63) is 95.1 Å². The van der Waals surface area contributed by atoms with Crippen LogP contribution in [0, 0.1) is 0 Å². The maximum Gasteiger partial charge on any atom is 1.00 e. The molecule has 2 amide bonds. The number of fused-ring (bicyclic) bond motifs is 3. The number of alkyl carbamates (subject to hydrolysis) is 1. The molecule has 46 heavy (non-hydrogen) atoms. The summed E-state index contributed by atoms with van der Waals surface area (Å²) in [5.74, 6) is 1.37. The minimum Gasteiger partial charge on any atom is -0.870 e. The average Bonchev–Trinajstić information content (AvgIpc) is 3.01. The molecule has 11 heteroatoms. The number of methoxy groups -OCH3 is 2. The second-order valence-corrected chi connectivity index (χ2v) is 12.4. The second-order valence-electron chi connectivity index (χ2n) is 12.4. The maximum atomic E-state index is 13.9. The monoisotopic (exact) mass is 657 g/mol. The third kappa shape index (κ3) is 9.47. The predicted molar refractivity (Wildman–Crippen MR) is 170 cm³/mol. The molecular weight excluding hydrogens is 613 g/mol. The summed E-state index contributed by atoms with van der Waals surface area (Å²) in [6.45, 7) is 7.43. The molecule has 2 N–H and O–H groups in total. The van der Waals surface area contributed by atoms with E-state index in [9.17, 15) is 9.59 Å². The van der Waals surface area contributed by atoms with Gasteiger partial charge in [-0.15, -0.1) is 0 Å². The van der Waals surface area contributed by atoms with Crippen LogP contribution in [-0.2, 0) is 29.0 Å². The van der Waals surface area contributed by atoms with E-state index in [0.717, 1.165) is 29.7 Å². The number of benzene rings is 3. The summed E-state index contributed by atoms with van der Waals surface area (Å²) in [5, 5.41) is 3.12. The van der Waals surface area contributed by atoms with Crippen molar-refractivity contribution in [3.8, 4) is 11.5 Å². The largest absolute Gasteiger partial charge is 1.00 e. The fraction of sp³-hybridized carbons (Fsp3) is 0.429. The van der Waals surface area contributed by atoms with Gasteiger partial charge in [0.25, 0.3) is 0 Å². The first kappa shape index (κ1) is 37.8. The molecule has 0 aromatic heterocycles. The molecule has 242 valence electrons. The van der Waals surface area contributed by atoms with Gasteiger partial charge < -0.3 is 29.7 Å². The van der Waals surface area contributed by atoms with Gasteiger partial charge in [0.15, 0.2) is 11.5 Å². The molecule has 10 nitrogen and oxygen atoms in total. The molecule has 3 atom stereocenters. The fourth-order valence-electron chi connectivity index (χ4n) is 6.16. The molecule has 2 aliphatic rings. The Balaban J connectivity index is 0.00000288. The Bertz CT molecular complexity index is 1440. The molecule has 3 unspecified atom stereocenters. The van der Waals surface area contributed by atoms with E-state index >= 15 is 0 Å². The minimum atomic E-state index is -0.689. The smallest absolute Gasteiger partial charge is 0.870 e. The molecule has 0 radical (unpaired) electrons. The van der Waals surface area contributed by atoms with Gasteiger partial charge >= 0.3 is 63.6 Å². The second kappa shape index (κ2) is 17.0. The summed E-state index contributed by atoms with van der Waals surface area (Å²) >= 11 is 0. The quantitative estimate of drug-likeness (QED) is 0.368. The van der Waals surface area contributed by atoms with E-state index < -0.39 is 23.8 Å². The molecule has 1 saturated heterocycles. The van der Waals surface area contributed by atoms with Crippen molar-refractivity contribution in [3.63, 3.8) is 0 Å². The van der Waals surface area contributed by atoms with E-state index in [1.165, 1.54) is 5.56 Å². The third-order valence-corrected chi connectivity index (χ3v) is 8.21. The summed E-state index contributed by atoms with van der Waals surface area (Å²) in [4.78, 5) is 31.3. The molecule has 0 aliphatic carbocycles. The fourth-order valence-corrected chi connectivity index (χ4v) is 6.16. The predicted octanol–water partition coefficient (Wildman–Crippen LogP) is 2.93.